The van der Waals surface area contributed by atoms with Gasteiger partial charge in [-0.25, -0.2) is 18.2 Å². The molecule has 0 spiro atoms. The Morgan fingerprint density at radius 1 is 1.14 bits per heavy atom. The minimum absolute atomic E-state index is 0.0497. The van der Waals surface area contributed by atoms with E-state index in [4.69, 9.17) is 17.0 Å². The first-order valence-corrected chi connectivity index (χ1v) is 6.08. The SMILES string of the molecule is COc1ncnc2c1[nH]c(=S)n2-c1cc(F)c(F)cc1F. The van der Waals surface area contributed by atoms with Crippen molar-refractivity contribution in [3.8, 4) is 11.6 Å². The smallest absolute Gasteiger partial charge is 0.242 e. The van der Waals surface area contributed by atoms with Crippen LogP contribution in [0.5, 0.6) is 5.88 Å². The molecule has 0 radical (unpaired) electrons. The number of nitrogens with one attached hydrogen (secondary N) is 1. The maximum Gasteiger partial charge on any atom is 0.242 e. The number of methoxy groups -OCH3 is 1. The van der Waals surface area contributed by atoms with Crippen LogP contribution in [0.1, 0.15) is 0 Å². The molecule has 0 saturated carbocycles. The number of aromatic amines is 1. The van der Waals surface area contributed by atoms with E-state index in [1.807, 2.05) is 0 Å². The van der Waals surface area contributed by atoms with Crippen LogP contribution in [0.3, 0.4) is 0 Å². The fourth-order valence-electron chi connectivity index (χ4n) is 1.96. The molecular weight excluding hydrogens is 305 g/mol. The number of hydrogen-bond donors (Lipinski definition) is 1. The third-order valence-electron chi connectivity index (χ3n) is 2.86. The number of benzene rings is 1. The minimum Gasteiger partial charge on any atom is -0.479 e. The quantitative estimate of drug-likeness (QED) is 0.584. The second kappa shape index (κ2) is 4.85. The molecule has 0 saturated heterocycles. The van der Waals surface area contributed by atoms with Gasteiger partial charge in [-0.05, 0) is 12.2 Å². The first-order chi connectivity index (χ1) is 10.0. The van der Waals surface area contributed by atoms with Crippen LogP contribution in [0.2, 0.25) is 0 Å². The Bertz CT molecular complexity index is 905. The zero-order valence-electron chi connectivity index (χ0n) is 10.5. The molecule has 0 aliphatic heterocycles. The van der Waals surface area contributed by atoms with Gasteiger partial charge in [0, 0.05) is 12.1 Å². The lowest BCUT2D eigenvalue weighted by Crippen LogP contribution is -2.02. The first-order valence-electron chi connectivity index (χ1n) is 5.67. The van der Waals surface area contributed by atoms with E-state index in [0.29, 0.717) is 17.6 Å². The zero-order chi connectivity index (χ0) is 15.1. The van der Waals surface area contributed by atoms with E-state index in [9.17, 15) is 13.2 Å². The third-order valence-corrected chi connectivity index (χ3v) is 3.15. The highest BCUT2D eigenvalue weighted by molar-refractivity contribution is 7.71. The second-order valence-corrected chi connectivity index (χ2v) is 4.45. The van der Waals surface area contributed by atoms with Crippen LogP contribution < -0.4 is 4.74 Å². The number of nitrogens with zero attached hydrogens (tertiary/aromatic N) is 3. The molecule has 3 aromatic rings. The van der Waals surface area contributed by atoms with Crippen molar-refractivity contribution in [2.75, 3.05) is 7.11 Å². The van der Waals surface area contributed by atoms with E-state index in [0.717, 1.165) is 4.57 Å². The van der Waals surface area contributed by atoms with E-state index < -0.39 is 17.5 Å². The molecule has 0 bridgehead atoms. The average molecular weight is 312 g/mol. The van der Waals surface area contributed by atoms with Crippen molar-refractivity contribution in [1.29, 1.82) is 0 Å². The van der Waals surface area contributed by atoms with Crippen molar-refractivity contribution in [2.24, 2.45) is 0 Å². The molecule has 0 fully saturated rings. The maximum absolute atomic E-state index is 13.9. The fourth-order valence-corrected chi connectivity index (χ4v) is 2.25. The van der Waals surface area contributed by atoms with Crippen LogP contribution in [0, 0.1) is 22.2 Å². The lowest BCUT2D eigenvalue weighted by atomic mass is 10.3. The van der Waals surface area contributed by atoms with Gasteiger partial charge in [0.25, 0.3) is 0 Å². The molecule has 1 N–H and O–H groups in total. The van der Waals surface area contributed by atoms with Gasteiger partial charge in [-0.3, -0.25) is 4.57 Å². The highest BCUT2D eigenvalue weighted by atomic mass is 32.1. The molecular formula is C12H7F3N4OS. The molecule has 0 aliphatic rings. The summed E-state index contributed by atoms with van der Waals surface area (Å²) in [5.41, 5.74) is 0.261. The Balaban J connectivity index is 2.39. The summed E-state index contributed by atoms with van der Waals surface area (Å²) in [5.74, 6) is -3.24. The van der Waals surface area contributed by atoms with Gasteiger partial charge >= 0.3 is 0 Å². The summed E-state index contributed by atoms with van der Waals surface area (Å²) >= 11 is 5.08. The lowest BCUT2D eigenvalue weighted by Gasteiger charge is -2.06. The minimum atomic E-state index is -1.28. The third kappa shape index (κ3) is 2.05. The number of hydrogen-bond acceptors (Lipinski definition) is 4. The van der Waals surface area contributed by atoms with Gasteiger partial charge in [-0.1, -0.05) is 0 Å². The number of H-pyrrole nitrogens is 1. The second-order valence-electron chi connectivity index (χ2n) is 4.06. The number of rotatable bonds is 2. The summed E-state index contributed by atoms with van der Waals surface area (Å²) < 4.78 is 46.6. The zero-order valence-corrected chi connectivity index (χ0v) is 11.3. The van der Waals surface area contributed by atoms with Crippen LogP contribution >= 0.6 is 12.2 Å². The Kier molecular flexibility index (Phi) is 3.13. The van der Waals surface area contributed by atoms with Gasteiger partial charge in [0.2, 0.25) is 5.88 Å². The molecule has 2 heterocycles. The molecule has 0 amide bonds. The van der Waals surface area contributed by atoms with E-state index >= 15 is 0 Å². The Morgan fingerprint density at radius 3 is 2.57 bits per heavy atom. The van der Waals surface area contributed by atoms with Crippen LogP contribution in [0.4, 0.5) is 13.2 Å². The molecule has 3 rings (SSSR count). The van der Waals surface area contributed by atoms with Crippen molar-refractivity contribution in [3.63, 3.8) is 0 Å². The summed E-state index contributed by atoms with van der Waals surface area (Å²) in [6.45, 7) is 0. The van der Waals surface area contributed by atoms with E-state index in [1.165, 1.54) is 13.4 Å². The normalized spacial score (nSPS) is 11.0. The maximum atomic E-state index is 13.9. The van der Waals surface area contributed by atoms with Crippen molar-refractivity contribution < 1.29 is 17.9 Å². The Labute approximate surface area is 121 Å². The summed E-state index contributed by atoms with van der Waals surface area (Å²) in [6.07, 6.45) is 1.19. The Morgan fingerprint density at radius 2 is 1.86 bits per heavy atom. The van der Waals surface area contributed by atoms with Crippen molar-refractivity contribution in [1.82, 2.24) is 19.5 Å². The van der Waals surface area contributed by atoms with Gasteiger partial charge in [0.1, 0.15) is 17.7 Å². The summed E-state index contributed by atoms with van der Waals surface area (Å²) in [4.78, 5) is 10.6. The predicted octanol–water partition coefficient (Wildman–Crippen LogP) is 2.90. The number of fused-ring (bicyclic) bond motifs is 1. The molecule has 21 heavy (non-hydrogen) atoms. The summed E-state index contributed by atoms with van der Waals surface area (Å²) in [7, 11) is 1.40. The van der Waals surface area contributed by atoms with E-state index in [2.05, 4.69) is 15.0 Å². The first kappa shape index (κ1) is 13.6. The van der Waals surface area contributed by atoms with E-state index in [-0.39, 0.29) is 22.0 Å². The standard InChI is InChI=1S/C12H7F3N4OS/c1-20-11-9-10(16-4-17-11)19(12(21)18-9)8-3-6(14)5(13)2-7(8)15/h2-4H,1H3,(H,18,21). The van der Waals surface area contributed by atoms with Gasteiger partial charge in [0.15, 0.2) is 22.1 Å². The molecule has 2 aromatic heterocycles. The molecule has 5 nitrogen and oxygen atoms in total. The van der Waals surface area contributed by atoms with Gasteiger partial charge in [-0.2, -0.15) is 4.98 Å². The highest BCUT2D eigenvalue weighted by Crippen LogP contribution is 2.25. The topological polar surface area (TPSA) is 55.7 Å². The van der Waals surface area contributed by atoms with Crippen LogP contribution in [0.15, 0.2) is 18.5 Å². The fraction of sp³-hybridized carbons (Fsp3) is 0.0833. The number of aromatic nitrogens is 4. The number of imidazole rings is 1. The lowest BCUT2D eigenvalue weighted by molar-refractivity contribution is 0.401. The largest absolute Gasteiger partial charge is 0.479 e. The van der Waals surface area contributed by atoms with Crippen LogP contribution in [0.25, 0.3) is 16.9 Å². The average Bonchev–Trinajstić information content (AvgIpc) is 2.79. The summed E-state index contributed by atoms with van der Waals surface area (Å²) in [5, 5.41) is 0. The predicted molar refractivity (Wildman–Crippen MR) is 70.5 cm³/mol. The van der Waals surface area contributed by atoms with Gasteiger partial charge < -0.3 is 9.72 Å². The summed E-state index contributed by atoms with van der Waals surface area (Å²) in [6, 6.07) is 1.16. The highest BCUT2D eigenvalue weighted by Gasteiger charge is 2.17. The molecule has 0 atom stereocenters. The van der Waals surface area contributed by atoms with Crippen LogP contribution in [-0.4, -0.2) is 26.6 Å². The molecule has 9 heteroatoms. The molecule has 108 valence electrons. The van der Waals surface area contributed by atoms with Gasteiger partial charge in [0.05, 0.1) is 12.8 Å². The molecule has 1 aromatic carbocycles. The van der Waals surface area contributed by atoms with E-state index in [1.54, 1.807) is 0 Å². The number of ether oxygens (including phenoxy) is 1. The number of halogens is 3. The van der Waals surface area contributed by atoms with Crippen molar-refractivity contribution >= 4 is 23.4 Å². The van der Waals surface area contributed by atoms with Gasteiger partial charge in [-0.15, -0.1) is 0 Å². The van der Waals surface area contributed by atoms with Crippen molar-refractivity contribution in [3.05, 3.63) is 40.7 Å². The molecule has 0 unspecified atom stereocenters. The van der Waals surface area contributed by atoms with Crippen molar-refractivity contribution in [2.45, 2.75) is 0 Å². The molecule has 0 aliphatic carbocycles. The van der Waals surface area contributed by atoms with Crippen LogP contribution in [-0.2, 0) is 0 Å². The Hall–Kier alpha value is -2.42. The monoisotopic (exact) mass is 312 g/mol.